The average molecular weight is 513 g/mol. The summed E-state index contributed by atoms with van der Waals surface area (Å²) in [5.74, 6) is 0. The fraction of sp³-hybridized carbons (Fsp3) is 0.0526. The van der Waals surface area contributed by atoms with Crippen LogP contribution >= 0.6 is 0 Å². The van der Waals surface area contributed by atoms with Gasteiger partial charge >= 0.3 is 0 Å². The molecule has 0 fully saturated rings. The molecule has 0 atom stereocenters. The lowest BCUT2D eigenvalue weighted by Crippen LogP contribution is -2.05. The molecular formula is C38H28N2. The van der Waals surface area contributed by atoms with Crippen molar-refractivity contribution in [2.24, 2.45) is 0 Å². The van der Waals surface area contributed by atoms with Crippen molar-refractivity contribution in [2.45, 2.75) is 13.8 Å². The molecule has 0 saturated heterocycles. The molecule has 190 valence electrons. The monoisotopic (exact) mass is 512 g/mol. The lowest BCUT2D eigenvalue weighted by molar-refractivity contribution is 1.10. The van der Waals surface area contributed by atoms with Gasteiger partial charge in [0.05, 0.1) is 33.4 Å². The van der Waals surface area contributed by atoms with Gasteiger partial charge in [-0.15, -0.1) is 0 Å². The van der Waals surface area contributed by atoms with Crippen molar-refractivity contribution in [1.29, 1.82) is 0 Å². The molecule has 0 aliphatic rings. The molecule has 0 unspecified atom stereocenters. The van der Waals surface area contributed by atoms with Crippen molar-refractivity contribution in [1.82, 2.24) is 9.13 Å². The second-order valence-corrected chi connectivity index (χ2v) is 10.8. The van der Waals surface area contributed by atoms with E-state index in [1.807, 2.05) is 0 Å². The Bertz CT molecular complexity index is 2230. The molecule has 2 nitrogen and oxygen atoms in total. The van der Waals surface area contributed by atoms with Gasteiger partial charge in [-0.05, 0) is 61.9 Å². The minimum atomic E-state index is 1.17. The highest BCUT2D eigenvalue weighted by Crippen LogP contribution is 2.42. The van der Waals surface area contributed by atoms with Crippen LogP contribution in [0.1, 0.15) is 11.1 Å². The highest BCUT2D eigenvalue weighted by Gasteiger charge is 2.22. The topological polar surface area (TPSA) is 9.86 Å². The van der Waals surface area contributed by atoms with E-state index in [-0.39, 0.29) is 0 Å². The lowest BCUT2D eigenvalue weighted by Gasteiger charge is -2.20. The third-order valence-corrected chi connectivity index (χ3v) is 8.22. The van der Waals surface area contributed by atoms with Crippen molar-refractivity contribution in [3.8, 4) is 22.5 Å². The Morgan fingerprint density at radius 2 is 0.925 bits per heavy atom. The van der Waals surface area contributed by atoms with Gasteiger partial charge in [-0.1, -0.05) is 102 Å². The van der Waals surface area contributed by atoms with Gasteiger partial charge in [-0.2, -0.15) is 0 Å². The van der Waals surface area contributed by atoms with E-state index < -0.39 is 0 Å². The highest BCUT2D eigenvalue weighted by atomic mass is 15.1. The van der Waals surface area contributed by atoms with Crippen molar-refractivity contribution >= 4 is 43.6 Å². The summed E-state index contributed by atoms with van der Waals surface area (Å²) in [5.41, 5.74) is 12.2. The maximum atomic E-state index is 2.48. The summed E-state index contributed by atoms with van der Waals surface area (Å²) < 4.78 is 4.94. The number of rotatable bonds is 3. The molecule has 2 aromatic heterocycles. The fourth-order valence-electron chi connectivity index (χ4n) is 6.47. The second-order valence-electron chi connectivity index (χ2n) is 10.8. The second kappa shape index (κ2) is 8.72. The van der Waals surface area contributed by atoms with Crippen LogP contribution in [0.4, 0.5) is 0 Å². The van der Waals surface area contributed by atoms with Gasteiger partial charge in [-0.3, -0.25) is 0 Å². The van der Waals surface area contributed by atoms with Gasteiger partial charge in [0.1, 0.15) is 0 Å². The molecule has 2 heteroatoms. The van der Waals surface area contributed by atoms with Crippen LogP contribution in [0.3, 0.4) is 0 Å². The van der Waals surface area contributed by atoms with E-state index in [4.69, 9.17) is 0 Å². The van der Waals surface area contributed by atoms with Crippen molar-refractivity contribution < 1.29 is 0 Å². The van der Waals surface area contributed by atoms with Crippen LogP contribution in [-0.2, 0) is 0 Å². The molecule has 0 bridgehead atoms. The summed E-state index contributed by atoms with van der Waals surface area (Å²) in [6, 6.07) is 48.8. The Morgan fingerprint density at radius 1 is 0.400 bits per heavy atom. The first-order valence-corrected chi connectivity index (χ1v) is 13.9. The van der Waals surface area contributed by atoms with Crippen molar-refractivity contribution in [3.63, 3.8) is 0 Å². The van der Waals surface area contributed by atoms with Gasteiger partial charge in [-0.25, -0.2) is 0 Å². The summed E-state index contributed by atoms with van der Waals surface area (Å²) in [4.78, 5) is 0. The molecule has 0 spiro atoms. The predicted molar refractivity (Wildman–Crippen MR) is 170 cm³/mol. The van der Waals surface area contributed by atoms with E-state index in [1.165, 1.54) is 77.2 Å². The molecule has 0 aliphatic heterocycles. The standard InChI is InChI=1S/C38H28N2/c1-25-19-21-35-31(23-25)29-13-6-8-16-33(29)39(35)37-18-10-15-28(27-11-4-3-5-12-27)38(37)40-34-17-9-7-14-30(34)32-24-26(2)20-22-36(32)40/h3-24H,1-2H3. The third kappa shape index (κ3) is 3.29. The SMILES string of the molecule is Cc1ccc2c(c1)c1ccccc1n2-c1cccc(-c2ccccc2)c1-n1c2ccccc2c2cc(C)ccc21. The van der Waals surface area contributed by atoms with E-state index in [0.29, 0.717) is 0 Å². The zero-order valence-electron chi connectivity index (χ0n) is 22.6. The Hall–Kier alpha value is -5.08. The fourth-order valence-corrected chi connectivity index (χ4v) is 6.47. The summed E-state index contributed by atoms with van der Waals surface area (Å²) in [6.45, 7) is 4.35. The van der Waals surface area contributed by atoms with Gasteiger partial charge in [0.2, 0.25) is 0 Å². The van der Waals surface area contributed by atoms with Gasteiger partial charge < -0.3 is 9.13 Å². The van der Waals surface area contributed by atoms with Crippen molar-refractivity contribution in [2.75, 3.05) is 0 Å². The van der Waals surface area contributed by atoms with Gasteiger partial charge in [0, 0.05) is 27.1 Å². The van der Waals surface area contributed by atoms with Crippen LogP contribution < -0.4 is 0 Å². The van der Waals surface area contributed by atoms with E-state index >= 15 is 0 Å². The number of para-hydroxylation sites is 3. The van der Waals surface area contributed by atoms with E-state index in [0.717, 1.165) is 0 Å². The average Bonchev–Trinajstić information content (AvgIpc) is 3.49. The zero-order chi connectivity index (χ0) is 26.8. The molecule has 6 aromatic carbocycles. The first-order valence-electron chi connectivity index (χ1n) is 13.9. The Labute approximate surface area is 233 Å². The maximum Gasteiger partial charge on any atom is 0.0781 e. The van der Waals surface area contributed by atoms with E-state index in [1.54, 1.807) is 0 Å². The Balaban J connectivity index is 1.60. The summed E-state index contributed by atoms with van der Waals surface area (Å²) >= 11 is 0. The Morgan fingerprint density at radius 3 is 1.57 bits per heavy atom. The van der Waals surface area contributed by atoms with Gasteiger partial charge in [0.15, 0.2) is 0 Å². The number of aryl methyl sites for hydroxylation is 2. The zero-order valence-corrected chi connectivity index (χ0v) is 22.6. The molecule has 2 heterocycles. The molecule has 40 heavy (non-hydrogen) atoms. The van der Waals surface area contributed by atoms with Crippen LogP contribution in [-0.4, -0.2) is 9.13 Å². The first-order chi connectivity index (χ1) is 19.7. The van der Waals surface area contributed by atoms with Crippen LogP contribution in [0.25, 0.3) is 66.1 Å². The molecule has 0 N–H and O–H groups in total. The molecule has 0 radical (unpaired) electrons. The number of fused-ring (bicyclic) bond motifs is 6. The molecule has 0 saturated carbocycles. The van der Waals surface area contributed by atoms with Crippen molar-refractivity contribution in [3.05, 3.63) is 145 Å². The lowest BCUT2D eigenvalue weighted by atomic mass is 10.0. The normalized spacial score (nSPS) is 11.8. The van der Waals surface area contributed by atoms with Crippen LogP contribution in [0.15, 0.2) is 133 Å². The summed E-state index contributed by atoms with van der Waals surface area (Å²) in [6.07, 6.45) is 0. The van der Waals surface area contributed by atoms with Crippen LogP contribution in [0.5, 0.6) is 0 Å². The maximum absolute atomic E-state index is 2.48. The molecular weight excluding hydrogens is 484 g/mol. The minimum Gasteiger partial charge on any atom is -0.307 e. The number of hydrogen-bond acceptors (Lipinski definition) is 0. The number of nitrogens with zero attached hydrogens (tertiary/aromatic N) is 2. The minimum absolute atomic E-state index is 1.17. The first kappa shape index (κ1) is 22.9. The number of benzene rings is 6. The summed E-state index contributed by atoms with van der Waals surface area (Å²) in [5, 5.41) is 5.11. The van der Waals surface area contributed by atoms with Crippen LogP contribution in [0.2, 0.25) is 0 Å². The number of aromatic nitrogens is 2. The van der Waals surface area contributed by atoms with E-state index in [9.17, 15) is 0 Å². The number of hydrogen-bond donors (Lipinski definition) is 0. The molecule has 8 rings (SSSR count). The molecule has 0 amide bonds. The summed E-state index contributed by atoms with van der Waals surface area (Å²) in [7, 11) is 0. The molecule has 0 aliphatic carbocycles. The predicted octanol–water partition coefficient (Wildman–Crippen LogP) is 10.2. The van der Waals surface area contributed by atoms with Gasteiger partial charge in [0.25, 0.3) is 0 Å². The third-order valence-electron chi connectivity index (χ3n) is 8.22. The highest BCUT2D eigenvalue weighted by molar-refractivity contribution is 6.12. The molecule has 8 aromatic rings. The van der Waals surface area contributed by atoms with E-state index in [2.05, 4.69) is 156 Å². The van der Waals surface area contributed by atoms with Crippen LogP contribution in [0, 0.1) is 13.8 Å². The smallest absolute Gasteiger partial charge is 0.0781 e. The Kier molecular flexibility index (Phi) is 4.99. The largest absolute Gasteiger partial charge is 0.307 e. The quantitative estimate of drug-likeness (QED) is 0.223.